The Bertz CT molecular complexity index is 1210. The van der Waals surface area contributed by atoms with E-state index in [4.69, 9.17) is 11.6 Å². The summed E-state index contributed by atoms with van der Waals surface area (Å²) in [6.45, 7) is 0.717. The van der Waals surface area contributed by atoms with Gasteiger partial charge in [-0.2, -0.15) is 10.2 Å². The van der Waals surface area contributed by atoms with Crippen molar-refractivity contribution in [2.75, 3.05) is 17.2 Å². The summed E-state index contributed by atoms with van der Waals surface area (Å²) in [5.41, 5.74) is 2.98. The van der Waals surface area contributed by atoms with Crippen LogP contribution in [0.2, 0.25) is 5.02 Å². The summed E-state index contributed by atoms with van der Waals surface area (Å²) in [4.78, 5) is 10.6. The third kappa shape index (κ3) is 2.77. The number of aromatic amines is 1. The predicted molar refractivity (Wildman–Crippen MR) is 106 cm³/mol. The third-order valence-electron chi connectivity index (χ3n) is 5.01. The largest absolute Gasteiger partial charge is 0.381 e. The van der Waals surface area contributed by atoms with Gasteiger partial charge >= 0.3 is 0 Å². The van der Waals surface area contributed by atoms with E-state index in [0.717, 1.165) is 23.0 Å². The highest BCUT2D eigenvalue weighted by Crippen LogP contribution is 2.42. The van der Waals surface area contributed by atoms with Crippen LogP contribution in [-0.4, -0.2) is 32.8 Å². The van der Waals surface area contributed by atoms with Crippen LogP contribution < -0.4 is 10.6 Å². The SMILES string of the molecule is O=CNc1cc2cc(-c3c(Cl)c(F)c(NCC4CC4)c4[nH]ncc34)ccn2n1. The zero-order chi connectivity index (χ0) is 19.3. The van der Waals surface area contributed by atoms with Crippen molar-refractivity contribution in [3.63, 3.8) is 0 Å². The third-order valence-corrected chi connectivity index (χ3v) is 5.37. The number of aromatic nitrogens is 4. The maximum atomic E-state index is 15.1. The number of rotatable bonds is 6. The predicted octanol–water partition coefficient (Wildman–Crippen LogP) is 4.06. The minimum absolute atomic E-state index is 0.0438. The summed E-state index contributed by atoms with van der Waals surface area (Å²) in [5.74, 6) is 0.525. The van der Waals surface area contributed by atoms with Crippen molar-refractivity contribution in [1.82, 2.24) is 19.8 Å². The minimum atomic E-state index is -0.495. The Hall–Kier alpha value is -3.13. The number of anilines is 2. The topological polar surface area (TPSA) is 87.1 Å². The van der Waals surface area contributed by atoms with Crippen molar-refractivity contribution in [2.45, 2.75) is 12.8 Å². The molecule has 3 heterocycles. The number of hydrogen-bond acceptors (Lipinski definition) is 4. The van der Waals surface area contributed by atoms with Gasteiger partial charge in [-0.3, -0.25) is 9.89 Å². The van der Waals surface area contributed by atoms with Gasteiger partial charge in [0.1, 0.15) is 0 Å². The van der Waals surface area contributed by atoms with Crippen LogP contribution in [0.25, 0.3) is 27.5 Å². The summed E-state index contributed by atoms with van der Waals surface area (Å²) >= 11 is 6.47. The lowest BCUT2D eigenvalue weighted by atomic mass is 10.0. The highest BCUT2D eigenvalue weighted by molar-refractivity contribution is 6.36. The van der Waals surface area contributed by atoms with Gasteiger partial charge in [-0.1, -0.05) is 11.6 Å². The summed E-state index contributed by atoms with van der Waals surface area (Å²) in [7, 11) is 0. The van der Waals surface area contributed by atoms with Gasteiger partial charge in [-0.05, 0) is 36.5 Å². The number of H-pyrrole nitrogens is 1. The number of pyridine rings is 1. The first-order chi connectivity index (χ1) is 13.7. The van der Waals surface area contributed by atoms with Crippen LogP contribution >= 0.6 is 11.6 Å². The van der Waals surface area contributed by atoms with Crippen LogP contribution in [0.5, 0.6) is 0 Å². The van der Waals surface area contributed by atoms with Crippen LogP contribution in [0.1, 0.15) is 12.8 Å². The molecule has 0 atom stereocenters. The highest BCUT2D eigenvalue weighted by atomic mass is 35.5. The quantitative estimate of drug-likeness (QED) is 0.427. The summed E-state index contributed by atoms with van der Waals surface area (Å²) < 4.78 is 16.8. The normalized spacial score (nSPS) is 13.9. The Morgan fingerprint density at radius 1 is 1.39 bits per heavy atom. The lowest BCUT2D eigenvalue weighted by molar-refractivity contribution is -0.105. The van der Waals surface area contributed by atoms with Gasteiger partial charge in [0.25, 0.3) is 0 Å². The number of amides is 1. The second-order valence-corrected chi connectivity index (χ2v) is 7.32. The van der Waals surface area contributed by atoms with Crippen LogP contribution in [0.3, 0.4) is 0 Å². The molecular weight excluding hydrogens is 383 g/mol. The van der Waals surface area contributed by atoms with E-state index in [2.05, 4.69) is 25.9 Å². The minimum Gasteiger partial charge on any atom is -0.381 e. The molecule has 1 amide bonds. The molecular formula is C19H16ClFN6O. The van der Waals surface area contributed by atoms with E-state index in [9.17, 15) is 4.79 Å². The number of hydrogen-bond donors (Lipinski definition) is 3. The first kappa shape index (κ1) is 17.0. The molecule has 3 aromatic heterocycles. The van der Waals surface area contributed by atoms with Crippen molar-refractivity contribution in [1.29, 1.82) is 0 Å². The Labute approximate surface area is 163 Å². The monoisotopic (exact) mass is 398 g/mol. The summed E-state index contributed by atoms with van der Waals surface area (Å²) in [6, 6.07) is 5.36. The molecule has 5 rings (SSSR count). The van der Waals surface area contributed by atoms with Crippen molar-refractivity contribution in [3.8, 4) is 11.1 Å². The van der Waals surface area contributed by atoms with Gasteiger partial charge in [0.05, 0.1) is 27.9 Å². The molecule has 0 radical (unpaired) electrons. The molecule has 1 aromatic carbocycles. The number of carbonyl (C=O) groups excluding carboxylic acids is 1. The van der Waals surface area contributed by atoms with E-state index in [1.165, 1.54) is 12.8 Å². The van der Waals surface area contributed by atoms with Gasteiger partial charge < -0.3 is 10.6 Å². The van der Waals surface area contributed by atoms with Gasteiger partial charge in [0.2, 0.25) is 6.41 Å². The fourth-order valence-electron chi connectivity index (χ4n) is 3.41. The molecule has 0 spiro atoms. The van der Waals surface area contributed by atoms with Gasteiger partial charge in [0, 0.05) is 29.8 Å². The molecule has 7 nitrogen and oxygen atoms in total. The van der Waals surface area contributed by atoms with Gasteiger partial charge in [0.15, 0.2) is 11.6 Å². The number of benzene rings is 1. The molecule has 1 saturated carbocycles. The lowest BCUT2D eigenvalue weighted by Crippen LogP contribution is -2.06. The number of nitrogens with one attached hydrogen (secondary N) is 3. The van der Waals surface area contributed by atoms with Crippen LogP contribution in [-0.2, 0) is 4.79 Å². The molecule has 0 unspecified atom stereocenters. The Kier molecular flexibility index (Phi) is 3.94. The van der Waals surface area contributed by atoms with Crippen molar-refractivity contribution in [3.05, 3.63) is 41.4 Å². The van der Waals surface area contributed by atoms with E-state index >= 15 is 4.39 Å². The van der Waals surface area contributed by atoms with Crippen molar-refractivity contribution >= 4 is 45.9 Å². The highest BCUT2D eigenvalue weighted by Gasteiger charge is 2.25. The lowest BCUT2D eigenvalue weighted by Gasteiger charge is -2.14. The number of fused-ring (bicyclic) bond motifs is 2. The first-order valence-corrected chi connectivity index (χ1v) is 9.31. The zero-order valence-corrected chi connectivity index (χ0v) is 15.4. The first-order valence-electron chi connectivity index (χ1n) is 8.93. The molecule has 1 fully saturated rings. The molecule has 1 aliphatic carbocycles. The van der Waals surface area contributed by atoms with Crippen LogP contribution in [0.15, 0.2) is 30.6 Å². The molecule has 4 aromatic rings. The smallest absolute Gasteiger partial charge is 0.212 e. The van der Waals surface area contributed by atoms with Gasteiger partial charge in [-0.25, -0.2) is 8.91 Å². The second kappa shape index (κ2) is 6.49. The van der Waals surface area contributed by atoms with E-state index in [1.807, 2.05) is 6.07 Å². The maximum absolute atomic E-state index is 15.1. The van der Waals surface area contributed by atoms with Crippen LogP contribution in [0, 0.1) is 11.7 Å². The zero-order valence-electron chi connectivity index (χ0n) is 14.7. The molecule has 0 aliphatic heterocycles. The van der Waals surface area contributed by atoms with Crippen LogP contribution in [0.4, 0.5) is 15.9 Å². The molecule has 1 aliphatic rings. The van der Waals surface area contributed by atoms with E-state index in [1.54, 1.807) is 29.0 Å². The fourth-order valence-corrected chi connectivity index (χ4v) is 3.72. The standard InChI is InChI=1S/C19H16ClFN6O/c20-16-15(11-3-4-27-12(5-11)6-14(26-27)23-9-28)13-8-24-25-18(13)19(17(16)21)22-7-10-1-2-10/h3-6,8-10,22H,1-2,7H2,(H,24,25)(H,23,26,28). The molecule has 142 valence electrons. The Morgan fingerprint density at radius 3 is 3.04 bits per heavy atom. The fraction of sp³-hybridized carbons (Fsp3) is 0.211. The summed E-state index contributed by atoms with van der Waals surface area (Å²) in [5, 5.41) is 17.7. The van der Waals surface area contributed by atoms with E-state index in [-0.39, 0.29) is 5.02 Å². The second-order valence-electron chi connectivity index (χ2n) is 6.94. The van der Waals surface area contributed by atoms with Crippen molar-refractivity contribution < 1.29 is 9.18 Å². The molecule has 3 N–H and O–H groups in total. The number of nitrogens with zero attached hydrogens (tertiary/aromatic N) is 3. The maximum Gasteiger partial charge on any atom is 0.212 e. The Balaban J connectivity index is 1.65. The molecule has 0 bridgehead atoms. The van der Waals surface area contributed by atoms with E-state index in [0.29, 0.717) is 34.9 Å². The average Bonchev–Trinajstić information content (AvgIpc) is 3.23. The molecule has 28 heavy (non-hydrogen) atoms. The van der Waals surface area contributed by atoms with E-state index < -0.39 is 5.82 Å². The van der Waals surface area contributed by atoms with Gasteiger partial charge in [-0.15, -0.1) is 0 Å². The summed E-state index contributed by atoms with van der Waals surface area (Å²) in [6.07, 6.45) is 6.29. The number of carbonyl (C=O) groups is 1. The Morgan fingerprint density at radius 2 is 2.25 bits per heavy atom. The number of halogens is 2. The van der Waals surface area contributed by atoms with Crippen molar-refractivity contribution in [2.24, 2.45) is 5.92 Å². The molecule has 9 heteroatoms. The average molecular weight is 399 g/mol. The molecule has 0 saturated heterocycles.